The lowest BCUT2D eigenvalue weighted by Gasteiger charge is -2.47. The van der Waals surface area contributed by atoms with Gasteiger partial charge in [-0.3, -0.25) is 4.98 Å². The van der Waals surface area contributed by atoms with Crippen molar-refractivity contribution in [2.24, 2.45) is 0 Å². The number of aromatic nitrogens is 3. The van der Waals surface area contributed by atoms with Crippen LogP contribution in [0.25, 0.3) is 32.9 Å². The quantitative estimate of drug-likeness (QED) is 0.102. The Morgan fingerprint density at radius 1 is 1.04 bits per heavy atom. The van der Waals surface area contributed by atoms with E-state index in [1.807, 2.05) is 51.1 Å². The number of halogens is 1. The van der Waals surface area contributed by atoms with Crippen LogP contribution in [0.4, 0.5) is 15.0 Å². The van der Waals surface area contributed by atoms with E-state index in [2.05, 4.69) is 67.9 Å². The molecule has 2 aromatic heterocycles. The minimum absolute atomic E-state index is 0.00608. The van der Waals surface area contributed by atoms with E-state index in [1.54, 1.807) is 18.2 Å². The minimum Gasteiger partial charge on any atom is -0.468 e. The van der Waals surface area contributed by atoms with Gasteiger partial charge >= 0.3 is 6.09 Å². The topological polar surface area (TPSA) is 89.9 Å². The summed E-state index contributed by atoms with van der Waals surface area (Å²) >= 11 is 0. The molecule has 0 bridgehead atoms. The highest BCUT2D eigenvalue weighted by Gasteiger charge is 2.50. The molecular formula is C40H50FN5O4Si. The number of rotatable bonds is 8. The predicted octanol–water partition coefficient (Wildman–Crippen LogP) is 8.73. The number of carbonyl (C=O) groups is 1. The fraction of sp³-hybridized carbons (Fsp3) is 0.500. The van der Waals surface area contributed by atoms with Crippen molar-refractivity contribution < 1.29 is 23.4 Å². The standard InChI is InChI=1S/C40H50FN5O4Si/c1-24(2)51(25(3)4,26(5)6)17-15-27-12-11-13-28-18-29(49-23-48-10)19-30(34(27)28)36-35(41)37-31(20-42-36)38(44-22-43-37)46-21-33-32(46)14-16-45(33)39(47)50-40(7,8)9/h11-13,18-20,22,24-26,32-33H,14,16,21,23H2,1-10H3/t32-,33-/m1/s1. The number of pyridine rings is 1. The number of methoxy groups -OCH3 is 1. The van der Waals surface area contributed by atoms with Crippen LogP contribution in [-0.4, -0.2) is 78.7 Å². The Bertz CT molecular complexity index is 2000. The third-order valence-corrected chi connectivity index (χ3v) is 16.9. The van der Waals surface area contributed by atoms with Crippen LogP contribution in [0.2, 0.25) is 16.6 Å². The number of amides is 1. The first-order valence-electron chi connectivity index (χ1n) is 17.9. The molecule has 1 amide bonds. The average Bonchev–Trinajstić information content (AvgIpc) is 3.38. The van der Waals surface area contributed by atoms with Crippen LogP contribution in [0.1, 0.15) is 74.3 Å². The molecule has 2 atom stereocenters. The molecule has 9 nitrogen and oxygen atoms in total. The molecule has 0 radical (unpaired) electrons. The van der Waals surface area contributed by atoms with Gasteiger partial charge in [0.15, 0.2) is 12.6 Å². The summed E-state index contributed by atoms with van der Waals surface area (Å²) in [6.07, 6.45) is 3.52. The van der Waals surface area contributed by atoms with Gasteiger partial charge in [0, 0.05) is 42.9 Å². The van der Waals surface area contributed by atoms with Crippen LogP contribution in [0.3, 0.4) is 0 Å². The summed E-state index contributed by atoms with van der Waals surface area (Å²) in [6.45, 7) is 20.6. The number of carbonyl (C=O) groups excluding carboxylic acids is 1. The highest BCUT2D eigenvalue weighted by Crippen LogP contribution is 2.43. The van der Waals surface area contributed by atoms with Crippen molar-refractivity contribution in [1.29, 1.82) is 0 Å². The van der Waals surface area contributed by atoms with Gasteiger partial charge in [-0.25, -0.2) is 19.2 Å². The van der Waals surface area contributed by atoms with Crippen molar-refractivity contribution in [3.8, 4) is 28.5 Å². The summed E-state index contributed by atoms with van der Waals surface area (Å²) in [6, 6.07) is 9.79. The summed E-state index contributed by atoms with van der Waals surface area (Å²) in [5.74, 6) is 4.21. The molecule has 4 aromatic rings. The van der Waals surface area contributed by atoms with E-state index in [4.69, 9.17) is 19.2 Å². The van der Waals surface area contributed by atoms with Crippen LogP contribution in [0, 0.1) is 17.3 Å². The van der Waals surface area contributed by atoms with Crippen molar-refractivity contribution in [1.82, 2.24) is 19.9 Å². The summed E-state index contributed by atoms with van der Waals surface area (Å²) in [4.78, 5) is 30.6. The highest BCUT2D eigenvalue weighted by molar-refractivity contribution is 6.90. The second-order valence-electron chi connectivity index (χ2n) is 15.7. The molecule has 2 aromatic carbocycles. The summed E-state index contributed by atoms with van der Waals surface area (Å²) in [7, 11) is -0.496. The fourth-order valence-electron chi connectivity index (χ4n) is 8.32. The van der Waals surface area contributed by atoms with E-state index in [9.17, 15) is 4.79 Å². The zero-order valence-corrected chi connectivity index (χ0v) is 32.5. The van der Waals surface area contributed by atoms with E-state index in [-0.39, 0.29) is 36.2 Å². The van der Waals surface area contributed by atoms with Crippen molar-refractivity contribution in [3.63, 3.8) is 0 Å². The van der Waals surface area contributed by atoms with Gasteiger partial charge in [0.25, 0.3) is 0 Å². The fourth-order valence-corrected chi connectivity index (χ4v) is 13.5. The smallest absolute Gasteiger partial charge is 0.410 e. The molecule has 2 aliphatic heterocycles. The van der Waals surface area contributed by atoms with Crippen LogP contribution in [0.5, 0.6) is 5.75 Å². The molecule has 6 rings (SSSR count). The average molecular weight is 712 g/mol. The van der Waals surface area contributed by atoms with Gasteiger partial charge in [-0.1, -0.05) is 59.6 Å². The first-order valence-corrected chi connectivity index (χ1v) is 20.2. The van der Waals surface area contributed by atoms with Gasteiger partial charge < -0.3 is 24.0 Å². The molecule has 4 heterocycles. The molecule has 0 spiro atoms. The van der Waals surface area contributed by atoms with Crippen LogP contribution >= 0.6 is 0 Å². The van der Waals surface area contributed by atoms with Gasteiger partial charge in [0.1, 0.15) is 42.8 Å². The van der Waals surface area contributed by atoms with Gasteiger partial charge in [-0.15, -0.1) is 5.54 Å². The van der Waals surface area contributed by atoms with E-state index in [0.29, 0.717) is 52.2 Å². The number of ether oxygens (including phenoxy) is 3. The maximum Gasteiger partial charge on any atom is 0.410 e. The first-order chi connectivity index (χ1) is 24.2. The zero-order chi connectivity index (χ0) is 36.8. The van der Waals surface area contributed by atoms with Gasteiger partial charge in [0.05, 0.1) is 17.5 Å². The van der Waals surface area contributed by atoms with E-state index < -0.39 is 19.5 Å². The molecule has 2 fully saturated rings. The maximum absolute atomic E-state index is 16.9. The van der Waals surface area contributed by atoms with Gasteiger partial charge in [-0.2, -0.15) is 0 Å². The Morgan fingerprint density at radius 2 is 1.76 bits per heavy atom. The lowest BCUT2D eigenvalue weighted by molar-refractivity contribution is 0.0193. The molecule has 0 aliphatic carbocycles. The van der Waals surface area contributed by atoms with E-state index in [1.165, 1.54) is 6.33 Å². The Balaban J connectivity index is 1.44. The summed E-state index contributed by atoms with van der Waals surface area (Å²) in [5.41, 5.74) is 6.41. The van der Waals surface area contributed by atoms with Crippen molar-refractivity contribution >= 4 is 41.7 Å². The summed E-state index contributed by atoms with van der Waals surface area (Å²) < 4.78 is 33.7. The van der Waals surface area contributed by atoms with Crippen molar-refractivity contribution in [2.75, 3.05) is 31.9 Å². The Labute approximate surface area is 301 Å². The molecule has 0 unspecified atom stereocenters. The van der Waals surface area contributed by atoms with Crippen LogP contribution < -0.4 is 9.64 Å². The minimum atomic E-state index is -2.06. The normalized spacial score (nSPS) is 17.6. The third-order valence-electron chi connectivity index (χ3n) is 10.6. The van der Waals surface area contributed by atoms with Gasteiger partial charge in [-0.05, 0) is 67.4 Å². The first kappa shape index (κ1) is 36.5. The molecule has 0 N–H and O–H groups in total. The van der Waals surface area contributed by atoms with Crippen molar-refractivity contribution in [2.45, 2.75) is 103 Å². The van der Waals surface area contributed by atoms with Crippen LogP contribution in [0.15, 0.2) is 42.9 Å². The molecule has 2 aliphatic rings. The summed E-state index contributed by atoms with van der Waals surface area (Å²) in [5, 5.41) is 2.20. The Morgan fingerprint density at radius 3 is 2.43 bits per heavy atom. The molecule has 2 saturated heterocycles. The lowest BCUT2D eigenvalue weighted by Crippen LogP contribution is -2.63. The molecule has 51 heavy (non-hydrogen) atoms. The number of hydrogen-bond acceptors (Lipinski definition) is 8. The second kappa shape index (κ2) is 14.0. The molecule has 270 valence electrons. The molecular weight excluding hydrogens is 662 g/mol. The zero-order valence-electron chi connectivity index (χ0n) is 31.5. The van der Waals surface area contributed by atoms with E-state index in [0.717, 1.165) is 22.8 Å². The number of nitrogens with zero attached hydrogens (tertiary/aromatic N) is 5. The van der Waals surface area contributed by atoms with Gasteiger partial charge in [0.2, 0.25) is 0 Å². The number of fused-ring (bicyclic) bond motifs is 3. The number of likely N-dealkylation sites (tertiary alicyclic amines) is 1. The Kier molecular flexibility index (Phi) is 10.1. The second-order valence-corrected chi connectivity index (χ2v) is 21.3. The molecule has 0 saturated carbocycles. The van der Waals surface area contributed by atoms with E-state index >= 15 is 4.39 Å². The van der Waals surface area contributed by atoms with Crippen molar-refractivity contribution in [3.05, 3.63) is 54.2 Å². The monoisotopic (exact) mass is 711 g/mol. The highest BCUT2D eigenvalue weighted by atomic mass is 28.3. The van der Waals surface area contributed by atoms with Crippen LogP contribution in [-0.2, 0) is 9.47 Å². The Hall–Kier alpha value is -4.27. The number of hydrogen-bond donors (Lipinski definition) is 0. The largest absolute Gasteiger partial charge is 0.468 e. The maximum atomic E-state index is 16.9. The number of anilines is 1. The third kappa shape index (κ3) is 6.64. The lowest BCUT2D eigenvalue weighted by atomic mass is 9.95. The SMILES string of the molecule is COCOc1cc(-c2ncc3c(N4C[C@@H]5[C@H]4CCN5C(=O)OC(C)(C)C)ncnc3c2F)c2c(C#C[Si](C(C)C)(C(C)C)C(C)C)cccc2c1. The molecule has 11 heteroatoms. The number of benzene rings is 2. The predicted molar refractivity (Wildman–Crippen MR) is 203 cm³/mol.